The standard InChI is InChI=1S/C20H22N6O2/c1-16-3-2-4-17(11-16)28-13-20(27)25-9-7-24(8-10-25)18-12-19(23-14-22-18)26-6-5-21-15-26/h2-6,11-12,14-15H,7-10,13H2,1H3. The van der Waals surface area contributed by atoms with E-state index >= 15 is 0 Å². The van der Waals surface area contributed by atoms with Crippen LogP contribution in [0.25, 0.3) is 5.82 Å². The lowest BCUT2D eigenvalue weighted by Crippen LogP contribution is -2.50. The SMILES string of the molecule is Cc1cccc(OCC(=O)N2CCN(c3cc(-n4ccnc4)ncn3)CC2)c1. The molecule has 1 saturated heterocycles. The maximum absolute atomic E-state index is 12.5. The number of rotatable bonds is 5. The first-order valence-corrected chi connectivity index (χ1v) is 9.21. The summed E-state index contributed by atoms with van der Waals surface area (Å²) in [6.07, 6.45) is 6.82. The van der Waals surface area contributed by atoms with E-state index in [1.54, 1.807) is 18.9 Å². The van der Waals surface area contributed by atoms with Gasteiger partial charge in [0.2, 0.25) is 0 Å². The highest BCUT2D eigenvalue weighted by atomic mass is 16.5. The van der Waals surface area contributed by atoms with E-state index in [1.165, 1.54) is 0 Å². The first kappa shape index (κ1) is 18.0. The van der Waals surface area contributed by atoms with Gasteiger partial charge in [0.15, 0.2) is 6.61 Å². The van der Waals surface area contributed by atoms with Crippen LogP contribution in [0.3, 0.4) is 0 Å². The van der Waals surface area contributed by atoms with Gasteiger partial charge < -0.3 is 14.5 Å². The molecule has 1 aliphatic rings. The molecule has 144 valence electrons. The van der Waals surface area contributed by atoms with Crippen molar-refractivity contribution in [1.82, 2.24) is 24.4 Å². The van der Waals surface area contributed by atoms with E-state index in [4.69, 9.17) is 4.74 Å². The normalized spacial score (nSPS) is 14.2. The lowest BCUT2D eigenvalue weighted by molar-refractivity contribution is -0.133. The zero-order valence-corrected chi connectivity index (χ0v) is 15.7. The number of carbonyl (C=O) groups is 1. The molecule has 3 heterocycles. The van der Waals surface area contributed by atoms with Crippen LogP contribution in [0.5, 0.6) is 5.75 Å². The van der Waals surface area contributed by atoms with Gasteiger partial charge in [0.1, 0.15) is 30.0 Å². The van der Waals surface area contributed by atoms with Crippen molar-refractivity contribution >= 4 is 11.7 Å². The first-order chi connectivity index (χ1) is 13.7. The summed E-state index contributed by atoms with van der Waals surface area (Å²) in [5, 5.41) is 0. The topological polar surface area (TPSA) is 76.4 Å². The summed E-state index contributed by atoms with van der Waals surface area (Å²) in [5.74, 6) is 2.34. The number of hydrogen-bond acceptors (Lipinski definition) is 6. The molecule has 8 nitrogen and oxygen atoms in total. The molecule has 0 saturated carbocycles. The maximum Gasteiger partial charge on any atom is 0.260 e. The molecular formula is C20H22N6O2. The third-order valence-electron chi connectivity index (χ3n) is 4.72. The second kappa shape index (κ2) is 8.08. The molecule has 0 bridgehead atoms. The molecule has 0 N–H and O–H groups in total. The predicted octanol–water partition coefficient (Wildman–Crippen LogP) is 1.70. The first-order valence-electron chi connectivity index (χ1n) is 9.21. The molecule has 8 heteroatoms. The highest BCUT2D eigenvalue weighted by Crippen LogP contribution is 2.17. The van der Waals surface area contributed by atoms with Crippen molar-refractivity contribution in [2.24, 2.45) is 0 Å². The van der Waals surface area contributed by atoms with E-state index in [-0.39, 0.29) is 12.5 Å². The van der Waals surface area contributed by atoms with Gasteiger partial charge in [-0.15, -0.1) is 0 Å². The molecule has 0 atom stereocenters. The van der Waals surface area contributed by atoms with Gasteiger partial charge in [-0.05, 0) is 24.6 Å². The third-order valence-corrected chi connectivity index (χ3v) is 4.72. The van der Waals surface area contributed by atoms with Gasteiger partial charge in [-0.1, -0.05) is 12.1 Å². The van der Waals surface area contributed by atoms with E-state index in [2.05, 4.69) is 19.9 Å². The van der Waals surface area contributed by atoms with Crippen LogP contribution >= 0.6 is 0 Å². The van der Waals surface area contributed by atoms with E-state index in [9.17, 15) is 4.79 Å². The zero-order chi connectivity index (χ0) is 19.3. The largest absolute Gasteiger partial charge is 0.484 e. The van der Waals surface area contributed by atoms with Gasteiger partial charge in [-0.25, -0.2) is 15.0 Å². The summed E-state index contributed by atoms with van der Waals surface area (Å²) in [4.78, 5) is 29.2. The number of anilines is 1. The highest BCUT2D eigenvalue weighted by molar-refractivity contribution is 5.78. The summed E-state index contributed by atoms with van der Waals surface area (Å²) in [7, 11) is 0. The fourth-order valence-electron chi connectivity index (χ4n) is 3.17. The summed E-state index contributed by atoms with van der Waals surface area (Å²) in [5.41, 5.74) is 1.11. The third kappa shape index (κ3) is 4.11. The lowest BCUT2D eigenvalue weighted by atomic mass is 10.2. The molecule has 28 heavy (non-hydrogen) atoms. The molecule has 2 aromatic heterocycles. The maximum atomic E-state index is 12.5. The van der Waals surface area contributed by atoms with Crippen LogP contribution in [0.15, 0.2) is 55.4 Å². The number of hydrogen-bond donors (Lipinski definition) is 0. The predicted molar refractivity (Wildman–Crippen MR) is 105 cm³/mol. The van der Waals surface area contributed by atoms with Gasteiger partial charge in [0.05, 0.1) is 0 Å². The Hall–Kier alpha value is -3.42. The van der Waals surface area contributed by atoms with Gasteiger partial charge in [-0.3, -0.25) is 9.36 Å². The Balaban J connectivity index is 1.32. The number of carbonyl (C=O) groups excluding carboxylic acids is 1. The zero-order valence-electron chi connectivity index (χ0n) is 15.7. The van der Waals surface area contributed by atoms with Crippen molar-refractivity contribution in [3.63, 3.8) is 0 Å². The Morgan fingerprint density at radius 1 is 1.11 bits per heavy atom. The minimum Gasteiger partial charge on any atom is -0.484 e. The number of benzene rings is 1. The molecule has 4 rings (SSSR count). The van der Waals surface area contributed by atoms with Crippen molar-refractivity contribution in [1.29, 1.82) is 0 Å². The van der Waals surface area contributed by atoms with E-state index in [1.807, 2.05) is 52.9 Å². The molecular weight excluding hydrogens is 356 g/mol. The van der Waals surface area contributed by atoms with Gasteiger partial charge in [0.25, 0.3) is 5.91 Å². The summed E-state index contributed by atoms with van der Waals surface area (Å²) in [6, 6.07) is 9.65. The molecule has 1 fully saturated rings. The Morgan fingerprint density at radius 3 is 2.68 bits per heavy atom. The van der Waals surface area contributed by atoms with Crippen LogP contribution in [-0.2, 0) is 4.79 Å². The van der Waals surface area contributed by atoms with Crippen molar-refractivity contribution in [3.05, 3.63) is 60.9 Å². The summed E-state index contributed by atoms with van der Waals surface area (Å²) >= 11 is 0. The quantitative estimate of drug-likeness (QED) is 0.673. The van der Waals surface area contributed by atoms with E-state index < -0.39 is 0 Å². The van der Waals surface area contributed by atoms with Crippen LogP contribution in [0.4, 0.5) is 5.82 Å². The average Bonchev–Trinajstić information content (AvgIpc) is 3.27. The van der Waals surface area contributed by atoms with Crippen LogP contribution in [0, 0.1) is 6.92 Å². The summed E-state index contributed by atoms with van der Waals surface area (Å²) < 4.78 is 7.48. The van der Waals surface area contributed by atoms with Crippen LogP contribution in [0.1, 0.15) is 5.56 Å². The second-order valence-corrected chi connectivity index (χ2v) is 6.68. The fraction of sp³-hybridized carbons (Fsp3) is 0.300. The summed E-state index contributed by atoms with van der Waals surface area (Å²) in [6.45, 7) is 4.77. The fourth-order valence-corrected chi connectivity index (χ4v) is 3.17. The number of ether oxygens (including phenoxy) is 1. The van der Waals surface area contributed by atoms with Gasteiger partial charge in [0, 0.05) is 44.6 Å². The van der Waals surface area contributed by atoms with Gasteiger partial charge in [-0.2, -0.15) is 0 Å². The van der Waals surface area contributed by atoms with Gasteiger partial charge >= 0.3 is 0 Å². The second-order valence-electron chi connectivity index (χ2n) is 6.68. The molecule has 0 aliphatic carbocycles. The molecule has 1 aliphatic heterocycles. The van der Waals surface area contributed by atoms with Crippen molar-refractivity contribution in [3.8, 4) is 11.6 Å². The van der Waals surface area contributed by atoms with Crippen LogP contribution in [-0.4, -0.2) is 63.1 Å². The number of aromatic nitrogens is 4. The molecule has 3 aromatic rings. The minimum atomic E-state index is 0.00273. The Morgan fingerprint density at radius 2 is 1.93 bits per heavy atom. The van der Waals surface area contributed by atoms with E-state index in [0.717, 1.165) is 36.0 Å². The number of piperazine rings is 1. The minimum absolute atomic E-state index is 0.00273. The Bertz CT molecular complexity index is 935. The number of nitrogens with zero attached hydrogens (tertiary/aromatic N) is 6. The molecule has 1 amide bonds. The van der Waals surface area contributed by atoms with Crippen molar-refractivity contribution in [2.45, 2.75) is 6.92 Å². The number of aryl methyl sites for hydroxylation is 1. The molecule has 0 spiro atoms. The number of imidazole rings is 1. The number of amides is 1. The van der Waals surface area contributed by atoms with Crippen molar-refractivity contribution < 1.29 is 9.53 Å². The van der Waals surface area contributed by atoms with E-state index in [0.29, 0.717) is 13.1 Å². The molecule has 1 aromatic carbocycles. The molecule has 0 radical (unpaired) electrons. The monoisotopic (exact) mass is 378 g/mol. The average molecular weight is 378 g/mol. The van der Waals surface area contributed by atoms with Crippen LogP contribution in [0.2, 0.25) is 0 Å². The lowest BCUT2D eigenvalue weighted by Gasteiger charge is -2.35. The Labute approximate surface area is 163 Å². The van der Waals surface area contributed by atoms with Crippen molar-refractivity contribution in [2.75, 3.05) is 37.7 Å². The Kier molecular flexibility index (Phi) is 5.18. The smallest absolute Gasteiger partial charge is 0.260 e. The molecule has 0 unspecified atom stereocenters. The highest BCUT2D eigenvalue weighted by Gasteiger charge is 2.22. The van der Waals surface area contributed by atoms with Crippen LogP contribution < -0.4 is 9.64 Å².